The van der Waals surface area contributed by atoms with E-state index in [0.29, 0.717) is 18.4 Å². The number of anilines is 1. The quantitative estimate of drug-likeness (QED) is 0.925. The van der Waals surface area contributed by atoms with E-state index >= 15 is 0 Å². The summed E-state index contributed by atoms with van der Waals surface area (Å²) >= 11 is 6.30. The Morgan fingerprint density at radius 1 is 1.52 bits per heavy atom. The molecule has 6 heteroatoms. The molecule has 0 aromatic carbocycles. The van der Waals surface area contributed by atoms with Gasteiger partial charge in [-0.1, -0.05) is 38.8 Å². The predicted molar refractivity (Wildman–Crippen MR) is 86.9 cm³/mol. The zero-order valence-electron chi connectivity index (χ0n) is 13.1. The van der Waals surface area contributed by atoms with Crippen LogP contribution in [0.5, 0.6) is 0 Å². The van der Waals surface area contributed by atoms with Crippen molar-refractivity contribution in [1.29, 1.82) is 0 Å². The van der Waals surface area contributed by atoms with Gasteiger partial charge in [-0.25, -0.2) is 4.68 Å². The molecule has 0 aliphatic carbocycles. The van der Waals surface area contributed by atoms with E-state index < -0.39 is 0 Å². The summed E-state index contributed by atoms with van der Waals surface area (Å²) in [6.07, 6.45) is 3.67. The summed E-state index contributed by atoms with van der Waals surface area (Å²) in [5.74, 6) is 0.794. The third-order valence-electron chi connectivity index (χ3n) is 4.16. The van der Waals surface area contributed by atoms with E-state index in [2.05, 4.69) is 16.9 Å². The maximum atomic E-state index is 12.3. The third kappa shape index (κ3) is 3.58. The lowest BCUT2D eigenvalue weighted by Gasteiger charge is -2.38. The molecule has 1 aromatic rings. The number of halogens is 1. The summed E-state index contributed by atoms with van der Waals surface area (Å²) in [7, 11) is 0. The highest BCUT2D eigenvalue weighted by Crippen LogP contribution is 2.27. The summed E-state index contributed by atoms with van der Waals surface area (Å²) in [6, 6.07) is 0.235. The maximum Gasteiger partial charge on any atom is 0.287 e. The Morgan fingerprint density at radius 2 is 2.24 bits per heavy atom. The molecule has 0 bridgehead atoms. The van der Waals surface area contributed by atoms with Crippen LogP contribution in [0.15, 0.2) is 11.0 Å². The van der Waals surface area contributed by atoms with Gasteiger partial charge in [-0.2, -0.15) is 5.10 Å². The van der Waals surface area contributed by atoms with Crippen molar-refractivity contribution >= 4 is 17.3 Å². The van der Waals surface area contributed by atoms with Crippen LogP contribution in [0.2, 0.25) is 5.02 Å². The molecule has 1 aliphatic heterocycles. The molecule has 21 heavy (non-hydrogen) atoms. The van der Waals surface area contributed by atoms with Gasteiger partial charge in [0.15, 0.2) is 0 Å². The van der Waals surface area contributed by atoms with Gasteiger partial charge in [0.2, 0.25) is 0 Å². The van der Waals surface area contributed by atoms with Crippen molar-refractivity contribution < 1.29 is 0 Å². The van der Waals surface area contributed by atoms with Crippen LogP contribution >= 0.6 is 11.6 Å². The van der Waals surface area contributed by atoms with Crippen molar-refractivity contribution in [1.82, 2.24) is 9.78 Å². The molecule has 1 saturated heterocycles. The van der Waals surface area contributed by atoms with E-state index in [1.165, 1.54) is 4.68 Å². The molecule has 0 spiro atoms. The summed E-state index contributed by atoms with van der Waals surface area (Å²) in [5, 5.41) is 4.55. The van der Waals surface area contributed by atoms with Gasteiger partial charge in [-0.3, -0.25) is 4.79 Å². The zero-order valence-corrected chi connectivity index (χ0v) is 13.8. The lowest BCUT2D eigenvalue weighted by Crippen LogP contribution is -2.47. The smallest absolute Gasteiger partial charge is 0.287 e. The topological polar surface area (TPSA) is 64.2 Å². The summed E-state index contributed by atoms with van der Waals surface area (Å²) in [4.78, 5) is 14.4. The highest BCUT2D eigenvalue weighted by atomic mass is 35.5. The minimum absolute atomic E-state index is 0.203. The second-order valence-electron chi connectivity index (χ2n) is 6.29. The van der Waals surface area contributed by atoms with E-state index in [0.717, 1.165) is 31.6 Å². The lowest BCUT2D eigenvalue weighted by molar-refractivity contribution is 0.347. The Bertz CT molecular complexity index is 543. The molecule has 2 N–H and O–H groups in total. The van der Waals surface area contributed by atoms with Gasteiger partial charge in [0.1, 0.15) is 5.02 Å². The average molecular weight is 313 g/mol. The van der Waals surface area contributed by atoms with Crippen molar-refractivity contribution in [2.75, 3.05) is 18.0 Å². The molecule has 2 heterocycles. The molecular weight excluding hydrogens is 288 g/mol. The molecule has 5 nitrogen and oxygen atoms in total. The molecule has 118 valence electrons. The van der Waals surface area contributed by atoms with E-state index in [9.17, 15) is 4.79 Å². The average Bonchev–Trinajstić information content (AvgIpc) is 2.45. The minimum atomic E-state index is -0.203. The van der Waals surface area contributed by atoms with Gasteiger partial charge in [0.25, 0.3) is 5.56 Å². The van der Waals surface area contributed by atoms with Crippen LogP contribution in [0, 0.1) is 11.8 Å². The summed E-state index contributed by atoms with van der Waals surface area (Å²) in [5.41, 5.74) is 6.68. The van der Waals surface area contributed by atoms with Crippen LogP contribution in [-0.2, 0) is 6.54 Å². The maximum absolute atomic E-state index is 12.3. The first-order chi connectivity index (χ1) is 9.93. The SMILES string of the molecule is CCC1CN(c2cnn(CC(C)C)c(=O)c2Cl)CCC1N. The Hall–Kier alpha value is -1.07. The standard InChI is InChI=1S/C15H25ClN4O/c1-4-11-9-19(6-5-12(11)17)13-7-18-20(8-10(2)3)15(21)14(13)16/h7,10-12H,4-6,8-9,17H2,1-3H3. The van der Waals surface area contributed by atoms with Crippen LogP contribution in [0.4, 0.5) is 5.69 Å². The van der Waals surface area contributed by atoms with Gasteiger partial charge < -0.3 is 10.6 Å². The van der Waals surface area contributed by atoms with Crippen LogP contribution in [0.1, 0.15) is 33.6 Å². The molecule has 1 aromatic heterocycles. The molecule has 2 atom stereocenters. The van der Waals surface area contributed by atoms with Crippen molar-refractivity contribution in [3.63, 3.8) is 0 Å². The number of aromatic nitrogens is 2. The Balaban J connectivity index is 2.25. The normalized spacial score (nSPS) is 22.9. The van der Waals surface area contributed by atoms with Crippen molar-refractivity contribution in [2.24, 2.45) is 17.6 Å². The second-order valence-corrected chi connectivity index (χ2v) is 6.67. The predicted octanol–water partition coefficient (Wildman–Crippen LogP) is 2.12. The van der Waals surface area contributed by atoms with E-state index in [1.54, 1.807) is 6.20 Å². The third-order valence-corrected chi connectivity index (χ3v) is 4.52. The fourth-order valence-electron chi connectivity index (χ4n) is 2.85. The first-order valence-corrected chi connectivity index (χ1v) is 8.08. The molecule has 0 amide bonds. The van der Waals surface area contributed by atoms with Gasteiger partial charge in [-0.15, -0.1) is 0 Å². The first kappa shape index (κ1) is 16.3. The second kappa shape index (κ2) is 6.79. The number of hydrogen-bond acceptors (Lipinski definition) is 4. The molecule has 1 aliphatic rings. The van der Waals surface area contributed by atoms with E-state index in [4.69, 9.17) is 17.3 Å². The lowest BCUT2D eigenvalue weighted by atomic mass is 9.90. The van der Waals surface area contributed by atoms with Crippen molar-refractivity contribution in [2.45, 2.75) is 46.2 Å². The van der Waals surface area contributed by atoms with Crippen molar-refractivity contribution in [3.05, 3.63) is 21.6 Å². The number of nitrogens with two attached hydrogens (primary N) is 1. The van der Waals surface area contributed by atoms with Gasteiger partial charge in [-0.05, 0) is 18.3 Å². The molecule has 2 rings (SSSR count). The molecule has 0 saturated carbocycles. The highest BCUT2D eigenvalue weighted by Gasteiger charge is 2.27. The largest absolute Gasteiger partial charge is 0.368 e. The van der Waals surface area contributed by atoms with Crippen LogP contribution in [-0.4, -0.2) is 28.9 Å². The fourth-order valence-corrected chi connectivity index (χ4v) is 3.12. The molecule has 0 radical (unpaired) electrons. The fraction of sp³-hybridized carbons (Fsp3) is 0.733. The molecular formula is C15H25ClN4O. The Kier molecular flexibility index (Phi) is 5.27. The van der Waals surface area contributed by atoms with E-state index in [-0.39, 0.29) is 16.6 Å². The van der Waals surface area contributed by atoms with Crippen LogP contribution < -0.4 is 16.2 Å². The van der Waals surface area contributed by atoms with Crippen molar-refractivity contribution in [3.8, 4) is 0 Å². The number of rotatable bonds is 4. The summed E-state index contributed by atoms with van der Waals surface area (Å²) < 4.78 is 1.45. The molecule has 1 fully saturated rings. The van der Waals surface area contributed by atoms with Gasteiger partial charge in [0, 0.05) is 25.7 Å². The van der Waals surface area contributed by atoms with Crippen LogP contribution in [0.3, 0.4) is 0 Å². The Labute approximate surface area is 131 Å². The highest BCUT2D eigenvalue weighted by molar-refractivity contribution is 6.33. The van der Waals surface area contributed by atoms with Crippen LogP contribution in [0.25, 0.3) is 0 Å². The monoisotopic (exact) mass is 312 g/mol. The minimum Gasteiger partial charge on any atom is -0.368 e. The number of nitrogens with zero attached hydrogens (tertiary/aromatic N) is 3. The first-order valence-electron chi connectivity index (χ1n) is 7.70. The zero-order chi connectivity index (χ0) is 15.6. The summed E-state index contributed by atoms with van der Waals surface area (Å²) in [6.45, 7) is 8.50. The molecule has 2 unspecified atom stereocenters. The number of piperidine rings is 1. The van der Waals surface area contributed by atoms with Gasteiger partial charge in [0.05, 0.1) is 11.9 Å². The Morgan fingerprint density at radius 3 is 2.86 bits per heavy atom. The van der Waals surface area contributed by atoms with Gasteiger partial charge >= 0.3 is 0 Å². The number of hydrogen-bond donors (Lipinski definition) is 1. The van der Waals surface area contributed by atoms with E-state index in [1.807, 2.05) is 13.8 Å².